The quantitative estimate of drug-likeness (QED) is 0.829. The molecule has 4 nitrogen and oxygen atoms in total. The Morgan fingerprint density at radius 2 is 1.65 bits per heavy atom. The van der Waals surface area contributed by atoms with Crippen LogP contribution in [-0.4, -0.2) is 50.1 Å². The van der Waals surface area contributed by atoms with Crippen LogP contribution in [-0.2, 0) is 11.2 Å². The topological polar surface area (TPSA) is 35.6 Å². The van der Waals surface area contributed by atoms with Gasteiger partial charge in [-0.25, -0.2) is 4.39 Å². The first kappa shape index (κ1) is 18.4. The molecule has 138 valence electrons. The fourth-order valence-corrected chi connectivity index (χ4v) is 3.22. The maximum atomic E-state index is 13.0. The molecule has 1 saturated heterocycles. The lowest BCUT2D eigenvalue weighted by Crippen LogP contribution is -2.47. The van der Waals surface area contributed by atoms with E-state index in [1.165, 1.54) is 17.7 Å². The number of halogens is 1. The molecule has 0 saturated carbocycles. The van der Waals surface area contributed by atoms with E-state index in [-0.39, 0.29) is 11.7 Å². The van der Waals surface area contributed by atoms with Gasteiger partial charge in [-0.05, 0) is 36.2 Å². The van der Waals surface area contributed by atoms with E-state index in [2.05, 4.69) is 27.2 Å². The van der Waals surface area contributed by atoms with Crippen LogP contribution in [0.3, 0.4) is 0 Å². The van der Waals surface area contributed by atoms with Crippen molar-refractivity contribution in [3.8, 4) is 0 Å². The zero-order chi connectivity index (χ0) is 18.2. The first-order valence-electron chi connectivity index (χ1n) is 9.24. The number of carbonyl (C=O) groups excluding carboxylic acids is 1. The summed E-state index contributed by atoms with van der Waals surface area (Å²) in [5.74, 6) is -0.0902. The van der Waals surface area contributed by atoms with Crippen molar-refractivity contribution in [3.63, 3.8) is 0 Å². The molecular formula is C21H26FN3O. The van der Waals surface area contributed by atoms with Gasteiger partial charge >= 0.3 is 0 Å². The number of carbonyl (C=O) groups is 1. The maximum absolute atomic E-state index is 13.0. The number of hydrogen-bond donors (Lipinski definition) is 1. The molecule has 1 fully saturated rings. The summed E-state index contributed by atoms with van der Waals surface area (Å²) >= 11 is 0. The predicted octanol–water partition coefficient (Wildman–Crippen LogP) is 2.70. The van der Waals surface area contributed by atoms with Crippen LogP contribution < -0.4 is 10.2 Å². The Balaban J connectivity index is 1.32. The summed E-state index contributed by atoms with van der Waals surface area (Å²) in [6.07, 6.45) is 1.40. The molecule has 1 heterocycles. The van der Waals surface area contributed by atoms with Gasteiger partial charge in [0.05, 0.1) is 0 Å². The number of nitrogens with one attached hydrogen (secondary N) is 1. The molecule has 1 aliphatic rings. The summed E-state index contributed by atoms with van der Waals surface area (Å²) in [6, 6.07) is 16.8. The van der Waals surface area contributed by atoms with Crippen LogP contribution in [0.1, 0.15) is 12.0 Å². The molecule has 0 atom stereocenters. The standard InChI is InChI=1S/C21H26FN3O/c22-19-6-8-20(9-7-19)25-16-14-24(15-17-25)13-11-21(26)23-12-10-18-4-2-1-3-5-18/h1-9H,10-17H2,(H,23,26). The zero-order valence-electron chi connectivity index (χ0n) is 15.0. The lowest BCUT2D eigenvalue weighted by atomic mass is 10.1. The third-order valence-corrected chi connectivity index (χ3v) is 4.80. The van der Waals surface area contributed by atoms with Crippen molar-refractivity contribution < 1.29 is 9.18 Å². The van der Waals surface area contributed by atoms with Crippen LogP contribution >= 0.6 is 0 Å². The molecule has 5 heteroatoms. The van der Waals surface area contributed by atoms with Crippen molar-refractivity contribution in [3.05, 3.63) is 66.0 Å². The van der Waals surface area contributed by atoms with Gasteiger partial charge in [-0.15, -0.1) is 0 Å². The average molecular weight is 355 g/mol. The molecule has 2 aromatic carbocycles. The summed E-state index contributed by atoms with van der Waals surface area (Å²) < 4.78 is 13.0. The highest BCUT2D eigenvalue weighted by molar-refractivity contribution is 5.76. The smallest absolute Gasteiger partial charge is 0.221 e. The van der Waals surface area contributed by atoms with Crippen molar-refractivity contribution in [2.24, 2.45) is 0 Å². The van der Waals surface area contributed by atoms with Crippen LogP contribution in [0.2, 0.25) is 0 Å². The largest absolute Gasteiger partial charge is 0.369 e. The van der Waals surface area contributed by atoms with Crippen molar-refractivity contribution in [1.29, 1.82) is 0 Å². The minimum absolute atomic E-state index is 0.113. The van der Waals surface area contributed by atoms with Crippen LogP contribution in [0, 0.1) is 5.82 Å². The van der Waals surface area contributed by atoms with Gasteiger partial charge in [0, 0.05) is 51.4 Å². The first-order chi connectivity index (χ1) is 12.7. The van der Waals surface area contributed by atoms with E-state index >= 15 is 0 Å². The van der Waals surface area contributed by atoms with Gasteiger partial charge in [0.2, 0.25) is 5.91 Å². The van der Waals surface area contributed by atoms with E-state index in [1.54, 1.807) is 0 Å². The van der Waals surface area contributed by atoms with Gasteiger partial charge in [-0.3, -0.25) is 9.69 Å². The highest BCUT2D eigenvalue weighted by Crippen LogP contribution is 2.16. The zero-order valence-corrected chi connectivity index (χ0v) is 15.0. The number of piperazine rings is 1. The molecular weight excluding hydrogens is 329 g/mol. The first-order valence-corrected chi connectivity index (χ1v) is 9.24. The van der Waals surface area contributed by atoms with Crippen molar-refractivity contribution in [1.82, 2.24) is 10.2 Å². The molecule has 2 aromatic rings. The van der Waals surface area contributed by atoms with Crippen LogP contribution in [0.25, 0.3) is 0 Å². The molecule has 0 aromatic heterocycles. The highest BCUT2D eigenvalue weighted by Gasteiger charge is 2.17. The number of rotatable bonds is 7. The number of hydrogen-bond acceptors (Lipinski definition) is 3. The van der Waals surface area contributed by atoms with E-state index in [1.807, 2.05) is 30.3 Å². The molecule has 0 spiro atoms. The van der Waals surface area contributed by atoms with Gasteiger partial charge in [0.1, 0.15) is 5.82 Å². The van der Waals surface area contributed by atoms with Crippen molar-refractivity contribution >= 4 is 11.6 Å². The van der Waals surface area contributed by atoms with E-state index < -0.39 is 0 Å². The fourth-order valence-electron chi connectivity index (χ4n) is 3.22. The van der Waals surface area contributed by atoms with Crippen molar-refractivity contribution in [2.45, 2.75) is 12.8 Å². The third-order valence-electron chi connectivity index (χ3n) is 4.80. The van der Waals surface area contributed by atoms with Gasteiger partial charge in [0.25, 0.3) is 0 Å². The monoisotopic (exact) mass is 355 g/mol. The summed E-state index contributed by atoms with van der Waals surface area (Å²) in [5.41, 5.74) is 2.30. The van der Waals surface area contributed by atoms with E-state index in [4.69, 9.17) is 0 Å². The molecule has 0 aliphatic carbocycles. The Kier molecular flexibility index (Phi) is 6.61. The van der Waals surface area contributed by atoms with Crippen LogP contribution in [0.4, 0.5) is 10.1 Å². The number of nitrogens with zero attached hydrogens (tertiary/aromatic N) is 2. The maximum Gasteiger partial charge on any atom is 0.221 e. The number of benzene rings is 2. The van der Waals surface area contributed by atoms with Gasteiger partial charge < -0.3 is 10.2 Å². The van der Waals surface area contributed by atoms with Crippen molar-refractivity contribution in [2.75, 3.05) is 44.2 Å². The lowest BCUT2D eigenvalue weighted by Gasteiger charge is -2.36. The van der Waals surface area contributed by atoms with Gasteiger partial charge in [-0.1, -0.05) is 30.3 Å². The van der Waals surface area contributed by atoms with Crippen LogP contribution in [0.15, 0.2) is 54.6 Å². The van der Waals surface area contributed by atoms with E-state index in [0.29, 0.717) is 13.0 Å². The molecule has 0 radical (unpaired) electrons. The second-order valence-electron chi connectivity index (χ2n) is 6.64. The predicted molar refractivity (Wildman–Crippen MR) is 103 cm³/mol. The SMILES string of the molecule is O=C(CCN1CCN(c2ccc(F)cc2)CC1)NCCc1ccccc1. The summed E-state index contributed by atoms with van der Waals surface area (Å²) in [7, 11) is 0. The number of anilines is 1. The van der Waals surface area contributed by atoms with E-state index in [0.717, 1.165) is 44.8 Å². The molecule has 1 N–H and O–H groups in total. The molecule has 0 bridgehead atoms. The summed E-state index contributed by atoms with van der Waals surface area (Å²) in [4.78, 5) is 16.6. The number of amides is 1. The average Bonchev–Trinajstić information content (AvgIpc) is 2.68. The summed E-state index contributed by atoms with van der Waals surface area (Å²) in [6.45, 7) is 5.13. The Labute approximate surface area is 154 Å². The highest BCUT2D eigenvalue weighted by atomic mass is 19.1. The molecule has 3 rings (SSSR count). The normalized spacial score (nSPS) is 15.0. The third kappa shape index (κ3) is 5.56. The molecule has 0 unspecified atom stereocenters. The Morgan fingerprint density at radius 3 is 2.35 bits per heavy atom. The lowest BCUT2D eigenvalue weighted by molar-refractivity contribution is -0.121. The fraction of sp³-hybridized carbons (Fsp3) is 0.381. The molecule has 1 amide bonds. The van der Waals surface area contributed by atoms with Gasteiger partial charge in [-0.2, -0.15) is 0 Å². The van der Waals surface area contributed by atoms with E-state index in [9.17, 15) is 9.18 Å². The Bertz CT molecular complexity index is 682. The minimum Gasteiger partial charge on any atom is -0.369 e. The Morgan fingerprint density at radius 1 is 0.962 bits per heavy atom. The minimum atomic E-state index is -0.203. The second kappa shape index (κ2) is 9.34. The van der Waals surface area contributed by atoms with Crippen LogP contribution in [0.5, 0.6) is 0 Å². The Hall–Kier alpha value is -2.40. The summed E-state index contributed by atoms with van der Waals surface area (Å²) in [5, 5.41) is 3.00. The molecule has 1 aliphatic heterocycles. The second-order valence-corrected chi connectivity index (χ2v) is 6.64. The molecule has 26 heavy (non-hydrogen) atoms. The van der Waals surface area contributed by atoms with Gasteiger partial charge in [0.15, 0.2) is 0 Å².